The monoisotopic (exact) mass is 250 g/mol. The topological polar surface area (TPSA) is 69.9 Å². The van der Waals surface area contributed by atoms with Crippen molar-refractivity contribution in [1.29, 1.82) is 0 Å². The molecule has 7 heteroatoms. The highest BCUT2D eigenvalue weighted by Gasteiger charge is 2.14. The summed E-state index contributed by atoms with van der Waals surface area (Å²) in [4.78, 5) is 12.3. The number of carbonyl (C=O) groups excluding carboxylic acids is 1. The number of aryl methyl sites for hydroxylation is 1. The van der Waals surface area contributed by atoms with E-state index in [1.54, 1.807) is 23.9 Å². The number of methoxy groups -OCH3 is 1. The van der Waals surface area contributed by atoms with Gasteiger partial charge in [0.1, 0.15) is 0 Å². The van der Waals surface area contributed by atoms with Gasteiger partial charge in [-0.25, -0.2) is 9.48 Å². The number of benzene rings is 1. The highest BCUT2D eigenvalue weighted by atomic mass is 32.2. The Morgan fingerprint density at radius 2 is 2.18 bits per heavy atom. The zero-order valence-electron chi connectivity index (χ0n) is 9.32. The Hall–Kier alpha value is -1.89. The standard InChI is InChI=1S/C10H10N4O2S/c1-14-10(11-12-13-14)17-8-6-4-3-5-7(8)9(15)16-2/h3-6H,1-2H3. The lowest BCUT2D eigenvalue weighted by atomic mass is 10.2. The van der Waals surface area contributed by atoms with Crippen LogP contribution in [0.3, 0.4) is 0 Å². The molecule has 0 N–H and O–H groups in total. The predicted octanol–water partition coefficient (Wildman–Crippen LogP) is 1.15. The van der Waals surface area contributed by atoms with Crippen molar-refractivity contribution < 1.29 is 9.53 Å². The van der Waals surface area contributed by atoms with Crippen LogP contribution in [0.15, 0.2) is 34.3 Å². The van der Waals surface area contributed by atoms with Gasteiger partial charge in [0.25, 0.3) is 0 Å². The first kappa shape index (κ1) is 11.6. The zero-order valence-corrected chi connectivity index (χ0v) is 10.1. The van der Waals surface area contributed by atoms with E-state index < -0.39 is 0 Å². The van der Waals surface area contributed by atoms with Gasteiger partial charge in [0.2, 0.25) is 5.16 Å². The summed E-state index contributed by atoms with van der Waals surface area (Å²) in [7, 11) is 3.09. The van der Waals surface area contributed by atoms with Crippen LogP contribution in [-0.2, 0) is 11.8 Å². The fraction of sp³-hybridized carbons (Fsp3) is 0.200. The average Bonchev–Trinajstić information content (AvgIpc) is 2.75. The fourth-order valence-corrected chi connectivity index (χ4v) is 2.09. The second-order valence-corrected chi connectivity index (χ2v) is 4.18. The summed E-state index contributed by atoms with van der Waals surface area (Å²) in [5, 5.41) is 11.7. The molecule has 0 radical (unpaired) electrons. The summed E-state index contributed by atoms with van der Waals surface area (Å²) in [6, 6.07) is 7.16. The van der Waals surface area contributed by atoms with Crippen molar-refractivity contribution in [3.05, 3.63) is 29.8 Å². The van der Waals surface area contributed by atoms with E-state index in [4.69, 9.17) is 4.74 Å². The third-order valence-corrected chi connectivity index (χ3v) is 3.18. The molecule has 0 unspecified atom stereocenters. The maximum Gasteiger partial charge on any atom is 0.339 e. The summed E-state index contributed by atoms with van der Waals surface area (Å²) in [5.41, 5.74) is 0.503. The van der Waals surface area contributed by atoms with Crippen LogP contribution < -0.4 is 0 Å². The van der Waals surface area contributed by atoms with Crippen LogP contribution in [-0.4, -0.2) is 33.3 Å². The molecule has 6 nitrogen and oxygen atoms in total. The molecule has 0 saturated carbocycles. The minimum atomic E-state index is -0.372. The van der Waals surface area contributed by atoms with Crippen LogP contribution in [0, 0.1) is 0 Å². The van der Waals surface area contributed by atoms with Crippen LogP contribution in [0.4, 0.5) is 0 Å². The number of hydrogen-bond donors (Lipinski definition) is 0. The molecule has 0 bridgehead atoms. The van der Waals surface area contributed by atoms with Crippen molar-refractivity contribution >= 4 is 17.7 Å². The summed E-state index contributed by atoms with van der Waals surface area (Å²) in [6.07, 6.45) is 0. The van der Waals surface area contributed by atoms with E-state index in [9.17, 15) is 4.79 Å². The highest BCUT2D eigenvalue weighted by molar-refractivity contribution is 7.99. The van der Waals surface area contributed by atoms with Gasteiger partial charge in [0, 0.05) is 11.9 Å². The number of carbonyl (C=O) groups is 1. The van der Waals surface area contributed by atoms with Crippen molar-refractivity contribution in [2.24, 2.45) is 7.05 Å². The molecular formula is C10H10N4O2S. The first-order chi connectivity index (χ1) is 8.22. The molecule has 0 aliphatic rings. The van der Waals surface area contributed by atoms with Crippen molar-refractivity contribution in [3.8, 4) is 0 Å². The quantitative estimate of drug-likeness (QED) is 0.761. The summed E-state index contributed by atoms with van der Waals surface area (Å²) in [6.45, 7) is 0. The molecule has 2 rings (SSSR count). The minimum absolute atomic E-state index is 0.372. The van der Waals surface area contributed by atoms with Crippen LogP contribution in [0.2, 0.25) is 0 Å². The van der Waals surface area contributed by atoms with Crippen LogP contribution in [0.25, 0.3) is 0 Å². The number of tetrazole rings is 1. The third kappa shape index (κ3) is 2.44. The number of rotatable bonds is 3. The number of ether oxygens (including phenoxy) is 1. The van der Waals surface area contributed by atoms with Crippen molar-refractivity contribution in [2.75, 3.05) is 7.11 Å². The molecule has 2 aromatic rings. The number of aromatic nitrogens is 4. The maximum atomic E-state index is 11.6. The predicted molar refractivity (Wildman–Crippen MR) is 60.7 cm³/mol. The van der Waals surface area contributed by atoms with E-state index >= 15 is 0 Å². The molecule has 0 aliphatic carbocycles. The minimum Gasteiger partial charge on any atom is -0.465 e. The van der Waals surface area contributed by atoms with Gasteiger partial charge in [-0.05, 0) is 34.3 Å². The Balaban J connectivity index is 2.33. The van der Waals surface area contributed by atoms with E-state index in [1.165, 1.54) is 18.9 Å². The molecule has 88 valence electrons. The van der Waals surface area contributed by atoms with E-state index in [0.29, 0.717) is 10.7 Å². The maximum absolute atomic E-state index is 11.6. The molecule has 0 atom stereocenters. The summed E-state index contributed by atoms with van der Waals surface area (Å²) < 4.78 is 6.26. The number of esters is 1. The van der Waals surface area contributed by atoms with Gasteiger partial charge in [0.15, 0.2) is 0 Å². The van der Waals surface area contributed by atoms with Gasteiger partial charge in [-0.1, -0.05) is 12.1 Å². The Bertz CT molecular complexity index is 541. The lowest BCUT2D eigenvalue weighted by molar-refractivity contribution is 0.0597. The van der Waals surface area contributed by atoms with E-state index in [-0.39, 0.29) is 5.97 Å². The molecule has 1 heterocycles. The van der Waals surface area contributed by atoms with Crippen molar-refractivity contribution in [2.45, 2.75) is 10.1 Å². The van der Waals surface area contributed by atoms with E-state index in [0.717, 1.165) is 4.90 Å². The largest absolute Gasteiger partial charge is 0.465 e. The van der Waals surface area contributed by atoms with Gasteiger partial charge in [-0.15, -0.1) is 5.10 Å². The summed E-state index contributed by atoms with van der Waals surface area (Å²) in [5.74, 6) is -0.372. The Kier molecular flexibility index (Phi) is 3.38. The molecule has 0 fully saturated rings. The van der Waals surface area contributed by atoms with Crippen LogP contribution >= 0.6 is 11.8 Å². The Labute approximate surface area is 102 Å². The molecule has 0 spiro atoms. The van der Waals surface area contributed by atoms with E-state index in [2.05, 4.69) is 15.5 Å². The Morgan fingerprint density at radius 3 is 2.82 bits per heavy atom. The number of hydrogen-bond acceptors (Lipinski definition) is 6. The molecule has 1 aromatic heterocycles. The average molecular weight is 250 g/mol. The first-order valence-corrected chi connectivity index (χ1v) is 5.61. The smallest absolute Gasteiger partial charge is 0.339 e. The lowest BCUT2D eigenvalue weighted by Gasteiger charge is -2.05. The van der Waals surface area contributed by atoms with Crippen molar-refractivity contribution in [1.82, 2.24) is 20.2 Å². The molecule has 0 saturated heterocycles. The fourth-order valence-electron chi connectivity index (χ4n) is 1.24. The zero-order chi connectivity index (χ0) is 12.3. The van der Waals surface area contributed by atoms with Crippen molar-refractivity contribution in [3.63, 3.8) is 0 Å². The van der Waals surface area contributed by atoms with Gasteiger partial charge in [-0.3, -0.25) is 0 Å². The molecule has 0 aliphatic heterocycles. The van der Waals surface area contributed by atoms with Gasteiger partial charge in [-0.2, -0.15) is 0 Å². The first-order valence-electron chi connectivity index (χ1n) is 4.80. The second-order valence-electron chi connectivity index (χ2n) is 3.17. The highest BCUT2D eigenvalue weighted by Crippen LogP contribution is 2.28. The third-order valence-electron chi connectivity index (χ3n) is 2.07. The van der Waals surface area contributed by atoms with Crippen LogP contribution in [0.5, 0.6) is 0 Å². The molecular weight excluding hydrogens is 240 g/mol. The van der Waals surface area contributed by atoms with Gasteiger partial charge >= 0.3 is 5.97 Å². The lowest BCUT2D eigenvalue weighted by Crippen LogP contribution is -2.03. The Morgan fingerprint density at radius 1 is 1.41 bits per heavy atom. The normalized spacial score (nSPS) is 10.2. The molecule has 17 heavy (non-hydrogen) atoms. The molecule has 1 aromatic carbocycles. The van der Waals surface area contributed by atoms with E-state index in [1.807, 2.05) is 12.1 Å². The molecule has 0 amide bonds. The van der Waals surface area contributed by atoms with Crippen LogP contribution in [0.1, 0.15) is 10.4 Å². The van der Waals surface area contributed by atoms with Gasteiger partial charge in [0.05, 0.1) is 12.7 Å². The van der Waals surface area contributed by atoms with Gasteiger partial charge < -0.3 is 4.74 Å². The summed E-state index contributed by atoms with van der Waals surface area (Å²) >= 11 is 1.32. The SMILES string of the molecule is COC(=O)c1ccccc1Sc1nnnn1C. The second kappa shape index (κ2) is 4.96. The number of nitrogens with zero attached hydrogens (tertiary/aromatic N) is 4.